The molecule has 0 saturated carbocycles. The van der Waals surface area contributed by atoms with Crippen LogP contribution in [0, 0.1) is 10.1 Å². The maximum atomic E-state index is 10.9. The van der Waals surface area contributed by atoms with E-state index in [0.717, 1.165) is 12.0 Å². The molecule has 1 aromatic rings. The first-order valence-corrected chi connectivity index (χ1v) is 5.68. The molecule has 1 saturated heterocycles. The number of methoxy groups -OCH3 is 2. The van der Waals surface area contributed by atoms with Gasteiger partial charge < -0.3 is 14.2 Å². The number of nitro benzene ring substituents is 1. The summed E-state index contributed by atoms with van der Waals surface area (Å²) < 4.78 is 15.7. The molecule has 1 aliphatic rings. The summed E-state index contributed by atoms with van der Waals surface area (Å²) >= 11 is 0. The highest BCUT2D eigenvalue weighted by Crippen LogP contribution is 2.47. The van der Waals surface area contributed by atoms with Gasteiger partial charge in [-0.15, -0.1) is 0 Å². The molecule has 0 amide bonds. The number of ether oxygens (including phenoxy) is 3. The lowest BCUT2D eigenvalue weighted by Gasteiger charge is -2.09. The normalized spacial score (nSPS) is 21.5. The Kier molecular flexibility index (Phi) is 3.38. The van der Waals surface area contributed by atoms with Gasteiger partial charge in [-0.25, -0.2) is 0 Å². The molecule has 0 aliphatic carbocycles. The van der Waals surface area contributed by atoms with Gasteiger partial charge in [0, 0.05) is 5.56 Å². The summed E-state index contributed by atoms with van der Waals surface area (Å²) in [5.74, 6) is 0.685. The van der Waals surface area contributed by atoms with E-state index in [0.29, 0.717) is 5.75 Å². The number of nitro groups is 1. The van der Waals surface area contributed by atoms with E-state index in [-0.39, 0.29) is 23.6 Å². The van der Waals surface area contributed by atoms with Crippen molar-refractivity contribution in [2.45, 2.75) is 25.6 Å². The van der Waals surface area contributed by atoms with Crippen LogP contribution in [0.25, 0.3) is 0 Å². The average Bonchev–Trinajstić information content (AvgIpc) is 3.16. The lowest BCUT2D eigenvalue weighted by Crippen LogP contribution is -1.99. The summed E-state index contributed by atoms with van der Waals surface area (Å²) in [7, 11) is 2.89. The van der Waals surface area contributed by atoms with Crippen LogP contribution in [0.5, 0.6) is 11.5 Å². The van der Waals surface area contributed by atoms with Crippen LogP contribution in [0.3, 0.4) is 0 Å². The maximum absolute atomic E-state index is 10.9. The van der Waals surface area contributed by atoms with E-state index in [1.807, 2.05) is 6.92 Å². The lowest BCUT2D eigenvalue weighted by atomic mass is 10.1. The topological polar surface area (TPSA) is 74.1 Å². The number of hydrogen-bond acceptors (Lipinski definition) is 5. The molecule has 98 valence electrons. The van der Waals surface area contributed by atoms with Gasteiger partial charge in [-0.1, -0.05) is 6.92 Å². The lowest BCUT2D eigenvalue weighted by molar-refractivity contribution is -0.385. The molecule has 1 heterocycles. The van der Waals surface area contributed by atoms with E-state index in [4.69, 9.17) is 14.2 Å². The molecule has 1 fully saturated rings. The van der Waals surface area contributed by atoms with Crippen molar-refractivity contribution >= 4 is 5.69 Å². The Morgan fingerprint density at radius 2 is 2.00 bits per heavy atom. The fourth-order valence-corrected chi connectivity index (χ4v) is 2.00. The smallest absolute Gasteiger partial charge is 0.314 e. The highest BCUT2D eigenvalue weighted by Gasteiger charge is 2.41. The summed E-state index contributed by atoms with van der Waals surface area (Å²) in [6, 6.07) is 3.00. The largest absolute Gasteiger partial charge is 0.496 e. The standard InChI is InChI=1S/C12H15NO5/c1-4-9-12(18-9)7-5-11(17-3)8(13(14)15)6-10(7)16-2/h5-6,9,12H,4H2,1-3H3. The molecule has 2 unspecified atom stereocenters. The summed E-state index contributed by atoms with van der Waals surface area (Å²) in [4.78, 5) is 10.4. The van der Waals surface area contributed by atoms with E-state index in [1.165, 1.54) is 20.3 Å². The summed E-state index contributed by atoms with van der Waals surface area (Å²) in [6.45, 7) is 2.03. The zero-order valence-electron chi connectivity index (χ0n) is 10.5. The van der Waals surface area contributed by atoms with Crippen LogP contribution >= 0.6 is 0 Å². The van der Waals surface area contributed by atoms with E-state index >= 15 is 0 Å². The van der Waals surface area contributed by atoms with Crippen molar-refractivity contribution in [2.75, 3.05) is 14.2 Å². The van der Waals surface area contributed by atoms with Crippen molar-refractivity contribution in [3.8, 4) is 11.5 Å². The van der Waals surface area contributed by atoms with Gasteiger partial charge >= 0.3 is 5.69 Å². The maximum Gasteiger partial charge on any atom is 0.314 e. The van der Waals surface area contributed by atoms with Crippen LogP contribution < -0.4 is 9.47 Å². The Hall–Kier alpha value is -1.82. The first-order chi connectivity index (χ1) is 8.62. The highest BCUT2D eigenvalue weighted by atomic mass is 16.6. The summed E-state index contributed by atoms with van der Waals surface area (Å²) in [5.41, 5.74) is 0.693. The predicted octanol–water partition coefficient (Wildman–Crippen LogP) is 2.46. The molecule has 0 aromatic heterocycles. The van der Waals surface area contributed by atoms with Crippen LogP contribution in [0.15, 0.2) is 12.1 Å². The third kappa shape index (κ3) is 2.11. The Balaban J connectivity index is 2.44. The molecular weight excluding hydrogens is 238 g/mol. The Morgan fingerprint density at radius 1 is 1.33 bits per heavy atom. The number of benzene rings is 1. The zero-order valence-corrected chi connectivity index (χ0v) is 10.5. The van der Waals surface area contributed by atoms with Crippen LogP contribution in [-0.2, 0) is 4.74 Å². The van der Waals surface area contributed by atoms with Gasteiger partial charge in [0.15, 0.2) is 5.75 Å². The number of rotatable bonds is 5. The Morgan fingerprint density at radius 3 is 2.44 bits per heavy atom. The minimum Gasteiger partial charge on any atom is -0.496 e. The Bertz CT molecular complexity index is 474. The van der Waals surface area contributed by atoms with Crippen molar-refractivity contribution in [3.05, 3.63) is 27.8 Å². The highest BCUT2D eigenvalue weighted by molar-refractivity contribution is 5.56. The minimum atomic E-state index is -0.490. The van der Waals surface area contributed by atoms with Crippen molar-refractivity contribution in [1.29, 1.82) is 0 Å². The SMILES string of the molecule is CCC1OC1c1cc(OC)c([N+](=O)[O-])cc1OC. The Labute approximate surface area is 105 Å². The third-order valence-electron chi connectivity index (χ3n) is 3.02. The number of hydrogen-bond donors (Lipinski definition) is 0. The van der Waals surface area contributed by atoms with Gasteiger partial charge in [0.1, 0.15) is 11.9 Å². The average molecular weight is 253 g/mol. The van der Waals surface area contributed by atoms with Gasteiger partial charge in [0.2, 0.25) is 0 Å². The molecule has 0 radical (unpaired) electrons. The second-order valence-corrected chi connectivity index (χ2v) is 4.03. The quantitative estimate of drug-likeness (QED) is 0.457. The summed E-state index contributed by atoms with van der Waals surface area (Å²) in [5, 5.41) is 10.9. The fraction of sp³-hybridized carbons (Fsp3) is 0.500. The molecule has 1 aromatic carbocycles. The van der Waals surface area contributed by atoms with Gasteiger partial charge in [-0.2, -0.15) is 0 Å². The van der Waals surface area contributed by atoms with E-state index < -0.39 is 4.92 Å². The van der Waals surface area contributed by atoms with Gasteiger partial charge in [-0.3, -0.25) is 10.1 Å². The van der Waals surface area contributed by atoms with Gasteiger partial charge in [0.05, 0.1) is 31.3 Å². The monoisotopic (exact) mass is 253 g/mol. The van der Waals surface area contributed by atoms with Gasteiger partial charge in [0.25, 0.3) is 0 Å². The molecular formula is C12H15NO5. The van der Waals surface area contributed by atoms with Crippen LogP contribution in [-0.4, -0.2) is 25.2 Å². The first-order valence-electron chi connectivity index (χ1n) is 5.68. The minimum absolute atomic E-state index is 0.0559. The van der Waals surface area contributed by atoms with Crippen molar-refractivity contribution in [1.82, 2.24) is 0 Å². The van der Waals surface area contributed by atoms with Crippen LogP contribution in [0.2, 0.25) is 0 Å². The molecule has 6 heteroatoms. The molecule has 0 spiro atoms. The fourth-order valence-electron chi connectivity index (χ4n) is 2.00. The second kappa shape index (κ2) is 4.81. The molecule has 0 bridgehead atoms. The van der Waals surface area contributed by atoms with E-state index in [9.17, 15) is 10.1 Å². The van der Waals surface area contributed by atoms with E-state index in [1.54, 1.807) is 6.07 Å². The third-order valence-corrected chi connectivity index (χ3v) is 3.02. The van der Waals surface area contributed by atoms with Crippen molar-refractivity contribution in [3.63, 3.8) is 0 Å². The van der Waals surface area contributed by atoms with Gasteiger partial charge in [-0.05, 0) is 12.5 Å². The molecule has 0 N–H and O–H groups in total. The first kappa shape index (κ1) is 12.6. The molecule has 1 aliphatic heterocycles. The molecule has 2 atom stereocenters. The van der Waals surface area contributed by atoms with E-state index in [2.05, 4.69) is 0 Å². The summed E-state index contributed by atoms with van der Waals surface area (Å²) in [6.07, 6.45) is 0.998. The molecule has 2 rings (SSSR count). The van der Waals surface area contributed by atoms with Crippen LogP contribution in [0.4, 0.5) is 5.69 Å². The molecule has 6 nitrogen and oxygen atoms in total. The second-order valence-electron chi connectivity index (χ2n) is 4.03. The van der Waals surface area contributed by atoms with Crippen molar-refractivity contribution < 1.29 is 19.1 Å². The number of epoxide rings is 1. The van der Waals surface area contributed by atoms with Crippen LogP contribution in [0.1, 0.15) is 25.0 Å². The molecule has 18 heavy (non-hydrogen) atoms. The van der Waals surface area contributed by atoms with Crippen molar-refractivity contribution in [2.24, 2.45) is 0 Å². The number of nitrogens with zero attached hydrogens (tertiary/aromatic N) is 1. The predicted molar refractivity (Wildman–Crippen MR) is 64.1 cm³/mol. The zero-order chi connectivity index (χ0) is 13.3.